The van der Waals surface area contributed by atoms with E-state index in [2.05, 4.69) is 26.6 Å². The van der Waals surface area contributed by atoms with Crippen LogP contribution in [-0.2, 0) is 6.42 Å². The third-order valence-corrected chi connectivity index (χ3v) is 3.75. The number of anilines is 2. The number of carbonyl (C=O) groups excluding carboxylic acids is 1. The van der Waals surface area contributed by atoms with Crippen LogP contribution in [0.15, 0.2) is 40.9 Å². The zero-order valence-electron chi connectivity index (χ0n) is 10.5. The maximum absolute atomic E-state index is 13.6. The van der Waals surface area contributed by atoms with E-state index in [9.17, 15) is 9.18 Å². The normalized spacial score (nSPS) is 12.7. The summed E-state index contributed by atoms with van der Waals surface area (Å²) in [7, 11) is 0. The molecule has 0 atom stereocenters. The summed E-state index contributed by atoms with van der Waals surface area (Å²) in [5.41, 5.74) is 2.89. The summed E-state index contributed by atoms with van der Waals surface area (Å²) < 4.78 is 14.3. The smallest absolute Gasteiger partial charge is 0.255 e. The summed E-state index contributed by atoms with van der Waals surface area (Å²) in [6.45, 7) is 0.890. The molecular weight excluding hydrogens is 323 g/mol. The number of rotatable bonds is 2. The van der Waals surface area contributed by atoms with Crippen LogP contribution in [0.1, 0.15) is 15.9 Å². The molecule has 1 amide bonds. The topological polar surface area (TPSA) is 41.1 Å². The molecule has 2 aromatic rings. The van der Waals surface area contributed by atoms with Gasteiger partial charge in [0.25, 0.3) is 5.91 Å². The average Bonchev–Trinajstić information content (AvgIpc) is 2.90. The van der Waals surface area contributed by atoms with Gasteiger partial charge in [0, 0.05) is 22.3 Å². The van der Waals surface area contributed by atoms with Gasteiger partial charge in [-0.2, -0.15) is 0 Å². The molecule has 1 heterocycles. The minimum Gasteiger partial charge on any atom is -0.384 e. The van der Waals surface area contributed by atoms with Gasteiger partial charge in [0.2, 0.25) is 0 Å². The Morgan fingerprint density at radius 3 is 2.95 bits per heavy atom. The quantitative estimate of drug-likeness (QED) is 0.876. The number of amides is 1. The second-order valence-electron chi connectivity index (χ2n) is 4.63. The fraction of sp³-hybridized carbons (Fsp3) is 0.133. The van der Waals surface area contributed by atoms with Crippen molar-refractivity contribution in [2.24, 2.45) is 0 Å². The summed E-state index contributed by atoms with van der Waals surface area (Å²) in [6, 6.07) is 9.91. The van der Waals surface area contributed by atoms with Crippen LogP contribution >= 0.6 is 15.9 Å². The zero-order chi connectivity index (χ0) is 14.1. The third-order valence-electron chi connectivity index (χ3n) is 3.25. The largest absolute Gasteiger partial charge is 0.384 e. The molecule has 1 aliphatic rings. The molecule has 3 rings (SSSR count). The molecule has 0 bridgehead atoms. The van der Waals surface area contributed by atoms with Gasteiger partial charge in [0.05, 0.1) is 5.69 Å². The Morgan fingerprint density at radius 2 is 2.10 bits per heavy atom. The summed E-state index contributed by atoms with van der Waals surface area (Å²) >= 11 is 3.26. The number of benzene rings is 2. The molecule has 0 unspecified atom stereocenters. The third kappa shape index (κ3) is 2.54. The van der Waals surface area contributed by atoms with Gasteiger partial charge in [-0.3, -0.25) is 4.79 Å². The molecule has 3 nitrogen and oxygen atoms in total. The van der Waals surface area contributed by atoms with Crippen LogP contribution in [0.4, 0.5) is 15.8 Å². The molecule has 1 aliphatic heterocycles. The van der Waals surface area contributed by atoms with Gasteiger partial charge < -0.3 is 10.6 Å². The highest BCUT2D eigenvalue weighted by atomic mass is 79.9. The fourth-order valence-corrected chi connectivity index (χ4v) is 2.59. The van der Waals surface area contributed by atoms with Crippen LogP contribution in [0, 0.1) is 5.82 Å². The number of carbonyl (C=O) groups is 1. The van der Waals surface area contributed by atoms with Crippen LogP contribution in [-0.4, -0.2) is 12.5 Å². The Labute approximate surface area is 124 Å². The highest BCUT2D eigenvalue weighted by molar-refractivity contribution is 9.10. The first-order chi connectivity index (χ1) is 9.63. The molecule has 0 saturated carbocycles. The monoisotopic (exact) mass is 334 g/mol. The van der Waals surface area contributed by atoms with E-state index in [-0.39, 0.29) is 11.6 Å². The molecule has 102 valence electrons. The Morgan fingerprint density at radius 1 is 1.25 bits per heavy atom. The lowest BCUT2D eigenvalue weighted by molar-refractivity contribution is 0.102. The lowest BCUT2D eigenvalue weighted by Crippen LogP contribution is -2.13. The van der Waals surface area contributed by atoms with Crippen LogP contribution < -0.4 is 10.6 Å². The van der Waals surface area contributed by atoms with Gasteiger partial charge in [-0.15, -0.1) is 0 Å². The minimum absolute atomic E-state index is 0.169. The summed E-state index contributed by atoms with van der Waals surface area (Å²) in [6.07, 6.45) is 0.904. The van der Waals surface area contributed by atoms with Crippen LogP contribution in [0.3, 0.4) is 0 Å². The van der Waals surface area contributed by atoms with E-state index in [1.165, 1.54) is 6.07 Å². The van der Waals surface area contributed by atoms with Gasteiger partial charge in [0.1, 0.15) is 5.82 Å². The molecule has 0 aliphatic carbocycles. The molecule has 0 radical (unpaired) electrons. The molecule has 2 N–H and O–H groups in total. The van der Waals surface area contributed by atoms with E-state index in [0.717, 1.165) is 24.2 Å². The predicted molar refractivity (Wildman–Crippen MR) is 80.7 cm³/mol. The highest BCUT2D eigenvalue weighted by Crippen LogP contribution is 2.24. The maximum Gasteiger partial charge on any atom is 0.255 e. The van der Waals surface area contributed by atoms with E-state index in [0.29, 0.717) is 10.0 Å². The average molecular weight is 335 g/mol. The van der Waals surface area contributed by atoms with Crippen LogP contribution in [0.2, 0.25) is 0 Å². The molecule has 0 fully saturated rings. The summed E-state index contributed by atoms with van der Waals surface area (Å²) in [5.74, 6) is -0.763. The Balaban J connectivity index is 1.84. The van der Waals surface area contributed by atoms with Crippen molar-refractivity contribution in [2.75, 3.05) is 17.2 Å². The summed E-state index contributed by atoms with van der Waals surface area (Å²) in [4.78, 5) is 12.2. The molecule has 0 aromatic heterocycles. The van der Waals surface area contributed by atoms with E-state index in [4.69, 9.17) is 0 Å². The van der Waals surface area contributed by atoms with Gasteiger partial charge in [0.15, 0.2) is 0 Å². The number of hydrogen-bond donors (Lipinski definition) is 2. The molecule has 20 heavy (non-hydrogen) atoms. The first-order valence-corrected chi connectivity index (χ1v) is 7.06. The zero-order valence-corrected chi connectivity index (χ0v) is 12.1. The van der Waals surface area contributed by atoms with E-state index < -0.39 is 5.82 Å². The van der Waals surface area contributed by atoms with Crippen molar-refractivity contribution in [1.29, 1.82) is 0 Å². The number of halogens is 2. The Hall–Kier alpha value is -1.88. The van der Waals surface area contributed by atoms with E-state index in [1.54, 1.807) is 18.2 Å². The lowest BCUT2D eigenvalue weighted by Gasteiger charge is -2.08. The van der Waals surface area contributed by atoms with Crippen molar-refractivity contribution < 1.29 is 9.18 Å². The Kier molecular flexibility index (Phi) is 3.44. The Bertz CT molecular complexity index is 688. The van der Waals surface area contributed by atoms with Crippen LogP contribution in [0.25, 0.3) is 0 Å². The molecule has 0 saturated heterocycles. The van der Waals surface area contributed by atoms with Crippen molar-refractivity contribution in [1.82, 2.24) is 0 Å². The second kappa shape index (κ2) is 5.25. The number of hydrogen-bond acceptors (Lipinski definition) is 2. The SMILES string of the molecule is O=C(Nc1cc(Br)ccc1F)c1ccc2c(c1)CCN2. The van der Waals surface area contributed by atoms with Crippen LogP contribution in [0.5, 0.6) is 0 Å². The van der Waals surface area contributed by atoms with Gasteiger partial charge in [-0.1, -0.05) is 15.9 Å². The molecule has 5 heteroatoms. The number of fused-ring (bicyclic) bond motifs is 1. The fourth-order valence-electron chi connectivity index (χ4n) is 2.23. The standard InChI is InChI=1S/C15H12BrFN2O/c16-11-2-3-12(17)14(8-11)19-15(20)10-1-4-13-9(7-10)5-6-18-13/h1-4,7-8,18H,5-6H2,(H,19,20). The highest BCUT2D eigenvalue weighted by Gasteiger charge is 2.14. The van der Waals surface area contributed by atoms with E-state index in [1.807, 2.05) is 12.1 Å². The number of nitrogens with one attached hydrogen (secondary N) is 2. The van der Waals surface area contributed by atoms with Crippen molar-refractivity contribution in [3.05, 3.63) is 57.8 Å². The van der Waals surface area contributed by atoms with Crippen molar-refractivity contribution >= 4 is 33.2 Å². The molecule has 2 aromatic carbocycles. The first-order valence-electron chi connectivity index (χ1n) is 6.27. The molecule has 0 spiro atoms. The van der Waals surface area contributed by atoms with E-state index >= 15 is 0 Å². The summed E-state index contributed by atoms with van der Waals surface area (Å²) in [5, 5.41) is 5.83. The predicted octanol–water partition coefficient (Wildman–Crippen LogP) is 3.81. The maximum atomic E-state index is 13.6. The van der Waals surface area contributed by atoms with Gasteiger partial charge >= 0.3 is 0 Å². The van der Waals surface area contributed by atoms with Crippen molar-refractivity contribution in [3.8, 4) is 0 Å². The van der Waals surface area contributed by atoms with Crippen molar-refractivity contribution in [2.45, 2.75) is 6.42 Å². The molecular formula is C15H12BrFN2O. The second-order valence-corrected chi connectivity index (χ2v) is 5.54. The minimum atomic E-state index is -0.454. The lowest BCUT2D eigenvalue weighted by atomic mass is 10.1. The first kappa shape index (κ1) is 13.1. The van der Waals surface area contributed by atoms with Crippen molar-refractivity contribution in [3.63, 3.8) is 0 Å². The van der Waals surface area contributed by atoms with Gasteiger partial charge in [-0.25, -0.2) is 4.39 Å². The van der Waals surface area contributed by atoms with Gasteiger partial charge in [-0.05, 0) is 48.4 Å².